The normalized spacial score (nSPS) is 11.5. The standard InChI is InChI=1S/C12H20NO/c1-6-13(4,5)14-12-10(2)8-7-9-11(12)3/h7-9H,6H2,1-5H3/q+1. The Balaban J connectivity index is 2.97. The third-order valence-electron chi connectivity index (χ3n) is 2.51. The number of hydrogen-bond acceptors (Lipinski definition) is 1. The second-order valence-corrected chi connectivity index (χ2v) is 4.20. The molecule has 0 aliphatic carbocycles. The Labute approximate surface area is 86.7 Å². The lowest BCUT2D eigenvalue weighted by molar-refractivity contribution is -1.05. The topological polar surface area (TPSA) is 9.23 Å². The van der Waals surface area contributed by atoms with Crippen LogP contribution in [-0.2, 0) is 0 Å². The molecule has 0 aromatic heterocycles. The van der Waals surface area contributed by atoms with Crippen LogP contribution in [0.4, 0.5) is 0 Å². The first kappa shape index (κ1) is 11.1. The van der Waals surface area contributed by atoms with Gasteiger partial charge in [0, 0.05) is 0 Å². The first-order valence-electron chi connectivity index (χ1n) is 5.05. The number of aryl methyl sites for hydroxylation is 2. The molecule has 0 fully saturated rings. The maximum Gasteiger partial charge on any atom is 0.195 e. The molecule has 1 aromatic rings. The van der Waals surface area contributed by atoms with Crippen molar-refractivity contribution in [1.82, 2.24) is 0 Å². The summed E-state index contributed by atoms with van der Waals surface area (Å²) in [6, 6.07) is 6.22. The number of rotatable bonds is 3. The summed E-state index contributed by atoms with van der Waals surface area (Å²) in [5.41, 5.74) is 2.40. The number of hydroxylamine groups is 3. The minimum absolute atomic E-state index is 0.561. The zero-order valence-corrected chi connectivity index (χ0v) is 9.79. The first-order chi connectivity index (χ1) is 6.46. The minimum atomic E-state index is 0.561. The molecule has 1 rings (SSSR count). The summed E-state index contributed by atoms with van der Waals surface area (Å²) in [5, 5.41) is 0. The van der Waals surface area contributed by atoms with E-state index in [2.05, 4.69) is 53.1 Å². The van der Waals surface area contributed by atoms with Gasteiger partial charge in [0.25, 0.3) is 0 Å². The van der Waals surface area contributed by atoms with Crippen LogP contribution < -0.4 is 4.84 Å². The molecule has 0 amide bonds. The Bertz CT molecular complexity index is 298. The van der Waals surface area contributed by atoms with Crippen molar-refractivity contribution in [3.05, 3.63) is 29.3 Å². The van der Waals surface area contributed by atoms with Crippen LogP contribution in [-0.4, -0.2) is 25.3 Å². The van der Waals surface area contributed by atoms with E-state index in [1.54, 1.807) is 0 Å². The fraction of sp³-hybridized carbons (Fsp3) is 0.500. The molecule has 0 saturated heterocycles. The minimum Gasteiger partial charge on any atom is -0.315 e. The summed E-state index contributed by atoms with van der Waals surface area (Å²) >= 11 is 0. The van der Waals surface area contributed by atoms with Crippen LogP contribution in [0.5, 0.6) is 5.75 Å². The highest BCUT2D eigenvalue weighted by Gasteiger charge is 2.17. The molecule has 0 spiro atoms. The molecule has 1 aromatic carbocycles. The maximum absolute atomic E-state index is 5.95. The van der Waals surface area contributed by atoms with Crippen LogP contribution in [0.2, 0.25) is 0 Å². The number of nitrogens with zero attached hydrogens (tertiary/aromatic N) is 1. The lowest BCUT2D eigenvalue weighted by atomic mass is 10.1. The van der Waals surface area contributed by atoms with Gasteiger partial charge < -0.3 is 4.84 Å². The summed E-state index contributed by atoms with van der Waals surface area (Å²) in [5.74, 6) is 1.01. The highest BCUT2D eigenvalue weighted by molar-refractivity contribution is 5.39. The van der Waals surface area contributed by atoms with E-state index in [0.717, 1.165) is 12.3 Å². The molecular formula is C12H20NO+. The van der Waals surface area contributed by atoms with Crippen LogP contribution in [0.3, 0.4) is 0 Å². The summed E-state index contributed by atoms with van der Waals surface area (Å²) < 4.78 is 0.561. The van der Waals surface area contributed by atoms with Crippen molar-refractivity contribution in [2.24, 2.45) is 0 Å². The summed E-state index contributed by atoms with van der Waals surface area (Å²) in [4.78, 5) is 5.95. The predicted molar refractivity (Wildman–Crippen MR) is 59.2 cm³/mol. The first-order valence-corrected chi connectivity index (χ1v) is 5.05. The van der Waals surface area contributed by atoms with Crippen LogP contribution >= 0.6 is 0 Å². The fourth-order valence-electron chi connectivity index (χ4n) is 1.25. The van der Waals surface area contributed by atoms with E-state index < -0.39 is 0 Å². The number of hydrogen-bond donors (Lipinski definition) is 0. The monoisotopic (exact) mass is 194 g/mol. The lowest BCUT2D eigenvalue weighted by Gasteiger charge is -2.27. The van der Waals surface area contributed by atoms with Crippen LogP contribution in [0.15, 0.2) is 18.2 Å². The molecule has 0 radical (unpaired) electrons. The quantitative estimate of drug-likeness (QED) is 0.531. The van der Waals surface area contributed by atoms with Crippen LogP contribution in [0, 0.1) is 13.8 Å². The van der Waals surface area contributed by atoms with Gasteiger partial charge in [-0.05, 0) is 31.9 Å². The van der Waals surface area contributed by atoms with Gasteiger partial charge in [0.1, 0.15) is 20.6 Å². The Morgan fingerprint density at radius 1 is 1.14 bits per heavy atom. The molecule has 0 saturated carbocycles. The van der Waals surface area contributed by atoms with Crippen LogP contribution in [0.25, 0.3) is 0 Å². The third kappa shape index (κ3) is 2.48. The molecule has 78 valence electrons. The highest BCUT2D eigenvalue weighted by Crippen LogP contribution is 2.24. The molecule has 14 heavy (non-hydrogen) atoms. The smallest absolute Gasteiger partial charge is 0.195 e. The van der Waals surface area contributed by atoms with Gasteiger partial charge in [0.05, 0.1) is 0 Å². The number of benzene rings is 1. The Morgan fingerprint density at radius 2 is 1.64 bits per heavy atom. The van der Waals surface area contributed by atoms with E-state index in [-0.39, 0.29) is 0 Å². The Hall–Kier alpha value is -1.02. The Kier molecular flexibility index (Phi) is 3.17. The molecule has 0 heterocycles. The van der Waals surface area contributed by atoms with Gasteiger partial charge >= 0.3 is 0 Å². The zero-order chi connectivity index (χ0) is 10.8. The predicted octanol–water partition coefficient (Wildman–Crippen LogP) is 2.69. The van der Waals surface area contributed by atoms with Crippen molar-refractivity contribution in [3.63, 3.8) is 0 Å². The van der Waals surface area contributed by atoms with Crippen molar-refractivity contribution in [2.75, 3.05) is 20.6 Å². The van der Waals surface area contributed by atoms with E-state index in [4.69, 9.17) is 4.84 Å². The van der Waals surface area contributed by atoms with Crippen molar-refractivity contribution in [2.45, 2.75) is 20.8 Å². The largest absolute Gasteiger partial charge is 0.315 e. The summed E-state index contributed by atoms with van der Waals surface area (Å²) in [6.45, 7) is 7.23. The van der Waals surface area contributed by atoms with Gasteiger partial charge in [0.15, 0.2) is 5.75 Å². The average Bonchev–Trinajstić information content (AvgIpc) is 2.12. The van der Waals surface area contributed by atoms with E-state index >= 15 is 0 Å². The van der Waals surface area contributed by atoms with Gasteiger partial charge in [0.2, 0.25) is 0 Å². The summed E-state index contributed by atoms with van der Waals surface area (Å²) in [6.07, 6.45) is 0. The van der Waals surface area contributed by atoms with E-state index in [9.17, 15) is 0 Å². The molecule has 0 N–H and O–H groups in total. The second-order valence-electron chi connectivity index (χ2n) is 4.20. The second kappa shape index (κ2) is 4.01. The average molecular weight is 194 g/mol. The lowest BCUT2D eigenvalue weighted by Crippen LogP contribution is -2.42. The molecular weight excluding hydrogens is 174 g/mol. The van der Waals surface area contributed by atoms with Crippen molar-refractivity contribution < 1.29 is 9.48 Å². The number of para-hydroxylation sites is 1. The molecule has 2 nitrogen and oxygen atoms in total. The van der Waals surface area contributed by atoms with Gasteiger partial charge in [-0.1, -0.05) is 18.2 Å². The molecule has 0 unspecified atom stereocenters. The number of quaternary nitrogens is 1. The molecule has 0 aliphatic rings. The van der Waals surface area contributed by atoms with E-state index in [1.807, 2.05) is 0 Å². The highest BCUT2D eigenvalue weighted by atomic mass is 16.7. The molecule has 2 heteroatoms. The fourth-order valence-corrected chi connectivity index (χ4v) is 1.25. The summed E-state index contributed by atoms with van der Waals surface area (Å²) in [7, 11) is 4.12. The molecule has 0 bridgehead atoms. The van der Waals surface area contributed by atoms with Crippen LogP contribution in [0.1, 0.15) is 18.1 Å². The van der Waals surface area contributed by atoms with Crippen molar-refractivity contribution >= 4 is 0 Å². The van der Waals surface area contributed by atoms with Crippen molar-refractivity contribution in [3.8, 4) is 5.75 Å². The van der Waals surface area contributed by atoms with Gasteiger partial charge in [-0.3, -0.25) is 0 Å². The maximum atomic E-state index is 5.95. The molecule has 0 atom stereocenters. The van der Waals surface area contributed by atoms with Crippen molar-refractivity contribution in [1.29, 1.82) is 0 Å². The SMILES string of the molecule is CC[N+](C)(C)Oc1c(C)cccc1C. The van der Waals surface area contributed by atoms with Gasteiger partial charge in [-0.25, -0.2) is 0 Å². The third-order valence-corrected chi connectivity index (χ3v) is 2.51. The molecule has 0 aliphatic heterocycles. The van der Waals surface area contributed by atoms with E-state index in [0.29, 0.717) is 4.65 Å². The van der Waals surface area contributed by atoms with Gasteiger partial charge in [-0.15, -0.1) is 4.65 Å². The van der Waals surface area contributed by atoms with E-state index in [1.165, 1.54) is 11.1 Å². The zero-order valence-electron chi connectivity index (χ0n) is 9.79. The Morgan fingerprint density at radius 3 is 2.07 bits per heavy atom. The van der Waals surface area contributed by atoms with Gasteiger partial charge in [-0.2, -0.15) is 0 Å².